The van der Waals surface area contributed by atoms with Gasteiger partial charge in [0.15, 0.2) is 0 Å². The number of carbonyl (C=O) groups excluding carboxylic acids is 2. The SMILES string of the molecule is CC(Nc1ccc(OCc2cccc(C#N)c2)cc1)C(=O)NC(N)=O. The molecule has 7 nitrogen and oxygen atoms in total. The molecule has 0 aromatic heterocycles. The van der Waals surface area contributed by atoms with Crippen molar-refractivity contribution in [2.45, 2.75) is 19.6 Å². The summed E-state index contributed by atoms with van der Waals surface area (Å²) >= 11 is 0. The third-order valence-electron chi connectivity index (χ3n) is 3.34. The number of rotatable bonds is 6. The van der Waals surface area contributed by atoms with E-state index in [1.165, 1.54) is 0 Å². The Balaban J connectivity index is 1.90. The highest BCUT2D eigenvalue weighted by Gasteiger charge is 2.13. The molecule has 0 aliphatic carbocycles. The summed E-state index contributed by atoms with van der Waals surface area (Å²) < 4.78 is 5.67. The van der Waals surface area contributed by atoms with E-state index in [4.69, 9.17) is 15.7 Å². The fourth-order valence-corrected chi connectivity index (χ4v) is 2.09. The van der Waals surface area contributed by atoms with Crippen molar-refractivity contribution in [2.24, 2.45) is 5.73 Å². The summed E-state index contributed by atoms with van der Waals surface area (Å²) in [5.41, 5.74) is 7.10. The Bertz CT molecular complexity index is 797. The predicted octanol–water partition coefficient (Wildman–Crippen LogP) is 2.13. The zero-order valence-corrected chi connectivity index (χ0v) is 13.7. The first-order chi connectivity index (χ1) is 12.0. The van der Waals surface area contributed by atoms with Gasteiger partial charge in [0, 0.05) is 5.69 Å². The first-order valence-corrected chi connectivity index (χ1v) is 7.56. The van der Waals surface area contributed by atoms with Crippen molar-refractivity contribution in [2.75, 3.05) is 5.32 Å². The molecule has 3 amide bonds. The molecule has 0 aliphatic heterocycles. The summed E-state index contributed by atoms with van der Waals surface area (Å²) in [6.07, 6.45) is 0. The minimum Gasteiger partial charge on any atom is -0.489 e. The van der Waals surface area contributed by atoms with Gasteiger partial charge in [-0.3, -0.25) is 10.1 Å². The van der Waals surface area contributed by atoms with Crippen molar-refractivity contribution in [1.82, 2.24) is 5.32 Å². The number of nitriles is 1. The Labute approximate surface area is 145 Å². The first-order valence-electron chi connectivity index (χ1n) is 7.56. The van der Waals surface area contributed by atoms with Gasteiger partial charge in [-0.25, -0.2) is 4.79 Å². The number of carbonyl (C=O) groups is 2. The molecular weight excluding hydrogens is 320 g/mol. The lowest BCUT2D eigenvalue weighted by Crippen LogP contribution is -2.43. The van der Waals surface area contributed by atoms with Gasteiger partial charge >= 0.3 is 6.03 Å². The van der Waals surface area contributed by atoms with Crippen LogP contribution < -0.4 is 21.1 Å². The van der Waals surface area contributed by atoms with Gasteiger partial charge in [-0.05, 0) is 48.9 Å². The molecule has 0 aliphatic rings. The van der Waals surface area contributed by atoms with Crippen LogP contribution in [0.3, 0.4) is 0 Å². The number of nitrogens with one attached hydrogen (secondary N) is 2. The maximum atomic E-state index is 11.6. The quantitative estimate of drug-likeness (QED) is 0.746. The summed E-state index contributed by atoms with van der Waals surface area (Å²) in [5.74, 6) is 0.146. The summed E-state index contributed by atoms with van der Waals surface area (Å²) in [6, 6.07) is 14.8. The molecule has 0 spiro atoms. The Kier molecular flexibility index (Phi) is 5.96. The van der Waals surface area contributed by atoms with Crippen molar-refractivity contribution in [3.63, 3.8) is 0 Å². The number of benzene rings is 2. The van der Waals surface area contributed by atoms with Crippen LogP contribution in [0.5, 0.6) is 5.75 Å². The smallest absolute Gasteiger partial charge is 0.318 e. The lowest BCUT2D eigenvalue weighted by Gasteiger charge is -2.14. The molecule has 1 atom stereocenters. The van der Waals surface area contributed by atoms with E-state index < -0.39 is 18.0 Å². The van der Waals surface area contributed by atoms with Crippen LogP contribution in [0.25, 0.3) is 0 Å². The Morgan fingerprint density at radius 2 is 1.96 bits per heavy atom. The van der Waals surface area contributed by atoms with Gasteiger partial charge in [-0.15, -0.1) is 0 Å². The normalized spacial score (nSPS) is 11.0. The number of amides is 3. The second-order valence-electron chi connectivity index (χ2n) is 5.34. The van der Waals surface area contributed by atoms with Crippen LogP contribution in [-0.2, 0) is 11.4 Å². The van der Waals surface area contributed by atoms with E-state index in [-0.39, 0.29) is 0 Å². The minimum absolute atomic E-state index is 0.347. The van der Waals surface area contributed by atoms with E-state index in [0.717, 1.165) is 5.56 Å². The van der Waals surface area contributed by atoms with Crippen LogP contribution in [0.2, 0.25) is 0 Å². The maximum Gasteiger partial charge on any atom is 0.318 e. The Morgan fingerprint density at radius 3 is 2.60 bits per heavy atom. The highest BCUT2D eigenvalue weighted by atomic mass is 16.5. The van der Waals surface area contributed by atoms with Crippen molar-refractivity contribution < 1.29 is 14.3 Å². The zero-order chi connectivity index (χ0) is 18.2. The number of ether oxygens (including phenoxy) is 1. The molecule has 1 unspecified atom stereocenters. The fraction of sp³-hybridized carbons (Fsp3) is 0.167. The van der Waals surface area contributed by atoms with Crippen LogP contribution >= 0.6 is 0 Å². The van der Waals surface area contributed by atoms with Gasteiger partial charge in [0.05, 0.1) is 11.6 Å². The first kappa shape index (κ1) is 17.8. The summed E-state index contributed by atoms with van der Waals surface area (Å²) in [6.45, 7) is 1.96. The van der Waals surface area contributed by atoms with Gasteiger partial charge < -0.3 is 15.8 Å². The highest BCUT2D eigenvalue weighted by Crippen LogP contribution is 2.18. The van der Waals surface area contributed by atoms with Crippen LogP contribution in [0.4, 0.5) is 10.5 Å². The third kappa shape index (κ3) is 5.55. The molecular formula is C18H18N4O3. The average Bonchev–Trinajstić information content (AvgIpc) is 2.60. The van der Waals surface area contributed by atoms with Gasteiger partial charge in [0.25, 0.3) is 0 Å². The van der Waals surface area contributed by atoms with Gasteiger partial charge in [0.1, 0.15) is 18.4 Å². The molecule has 0 fully saturated rings. The molecule has 0 saturated heterocycles. The average molecular weight is 338 g/mol. The Morgan fingerprint density at radius 1 is 1.24 bits per heavy atom. The molecule has 128 valence electrons. The van der Waals surface area contributed by atoms with Crippen molar-refractivity contribution in [3.8, 4) is 11.8 Å². The second-order valence-corrected chi connectivity index (χ2v) is 5.34. The van der Waals surface area contributed by atoms with Crippen LogP contribution in [0.1, 0.15) is 18.1 Å². The largest absolute Gasteiger partial charge is 0.489 e. The molecule has 4 N–H and O–H groups in total. The molecule has 0 heterocycles. The maximum absolute atomic E-state index is 11.6. The molecule has 0 saturated carbocycles. The number of anilines is 1. The monoisotopic (exact) mass is 338 g/mol. The van der Waals surface area contributed by atoms with E-state index in [9.17, 15) is 9.59 Å². The van der Waals surface area contributed by atoms with E-state index in [1.54, 1.807) is 43.3 Å². The van der Waals surface area contributed by atoms with E-state index in [2.05, 4.69) is 11.4 Å². The summed E-state index contributed by atoms with van der Waals surface area (Å²) in [5, 5.41) is 13.8. The number of nitrogens with zero attached hydrogens (tertiary/aromatic N) is 1. The number of primary amides is 1. The second kappa shape index (κ2) is 8.36. The zero-order valence-electron chi connectivity index (χ0n) is 13.7. The Hall–Kier alpha value is -3.53. The van der Waals surface area contributed by atoms with Crippen molar-refractivity contribution >= 4 is 17.6 Å². The molecule has 2 aromatic rings. The molecule has 0 bridgehead atoms. The topological polar surface area (TPSA) is 117 Å². The lowest BCUT2D eigenvalue weighted by molar-refractivity contribution is -0.120. The predicted molar refractivity (Wildman–Crippen MR) is 92.7 cm³/mol. The van der Waals surface area contributed by atoms with E-state index >= 15 is 0 Å². The number of hydrogen-bond donors (Lipinski definition) is 3. The van der Waals surface area contributed by atoms with Crippen molar-refractivity contribution in [3.05, 3.63) is 59.7 Å². The summed E-state index contributed by atoms with van der Waals surface area (Å²) in [7, 11) is 0. The van der Waals surface area contributed by atoms with Gasteiger partial charge in [0.2, 0.25) is 5.91 Å². The summed E-state index contributed by atoms with van der Waals surface area (Å²) in [4.78, 5) is 22.3. The lowest BCUT2D eigenvalue weighted by atomic mass is 10.1. The molecule has 7 heteroatoms. The number of urea groups is 1. The van der Waals surface area contributed by atoms with Crippen LogP contribution in [0, 0.1) is 11.3 Å². The van der Waals surface area contributed by atoms with Crippen LogP contribution in [-0.4, -0.2) is 18.0 Å². The van der Waals surface area contributed by atoms with Crippen molar-refractivity contribution in [1.29, 1.82) is 5.26 Å². The van der Waals surface area contributed by atoms with Gasteiger partial charge in [-0.1, -0.05) is 12.1 Å². The molecule has 2 rings (SSSR count). The minimum atomic E-state index is -0.886. The van der Waals surface area contributed by atoms with E-state index in [0.29, 0.717) is 23.6 Å². The van der Waals surface area contributed by atoms with E-state index in [1.807, 2.05) is 17.4 Å². The van der Waals surface area contributed by atoms with Gasteiger partial charge in [-0.2, -0.15) is 5.26 Å². The standard InChI is InChI=1S/C18H18N4O3/c1-12(17(23)22-18(20)24)21-15-5-7-16(8-6-15)25-11-14-4-2-3-13(9-14)10-19/h2-9,12,21H,11H2,1H3,(H3,20,22,23,24). The van der Waals surface area contributed by atoms with Crippen LogP contribution in [0.15, 0.2) is 48.5 Å². The third-order valence-corrected chi connectivity index (χ3v) is 3.34. The number of imide groups is 1. The number of hydrogen-bond acceptors (Lipinski definition) is 5. The number of nitrogens with two attached hydrogens (primary N) is 1. The molecule has 0 radical (unpaired) electrons. The fourth-order valence-electron chi connectivity index (χ4n) is 2.09. The highest BCUT2D eigenvalue weighted by molar-refractivity contribution is 5.97. The molecule has 25 heavy (non-hydrogen) atoms. The molecule has 2 aromatic carbocycles.